The first-order chi connectivity index (χ1) is 6.27. The third kappa shape index (κ3) is 3.08. The van der Waals surface area contributed by atoms with Crippen molar-refractivity contribution in [3.63, 3.8) is 0 Å². The molecule has 2 N–H and O–H groups in total. The van der Waals surface area contributed by atoms with Crippen molar-refractivity contribution in [3.8, 4) is 6.07 Å². The molecule has 4 heteroatoms. The molecular weight excluding hydrogens is 164 g/mol. The van der Waals surface area contributed by atoms with Gasteiger partial charge in [0.25, 0.3) is 0 Å². The summed E-state index contributed by atoms with van der Waals surface area (Å²) in [4.78, 5) is 7.82. The number of nitrogen functional groups attached to an aromatic ring is 1. The zero-order chi connectivity index (χ0) is 10.3. The van der Waals surface area contributed by atoms with Crippen LogP contribution >= 0.6 is 0 Å². The molecule has 13 heavy (non-hydrogen) atoms. The maximum absolute atomic E-state index is 8.47. The summed E-state index contributed by atoms with van der Waals surface area (Å²) in [6.07, 6.45) is 2.18. The van der Waals surface area contributed by atoms with E-state index in [1.54, 1.807) is 0 Å². The number of hydrogen-bond donors (Lipinski definition) is 1. The highest BCUT2D eigenvalue weighted by Crippen LogP contribution is 2.04. The molecule has 0 aliphatic heterocycles. The number of anilines is 1. The number of nitriles is 1. The molecule has 0 unspecified atom stereocenters. The van der Waals surface area contributed by atoms with Crippen LogP contribution in [0.25, 0.3) is 0 Å². The summed E-state index contributed by atoms with van der Waals surface area (Å²) in [5.41, 5.74) is 5.77. The zero-order valence-electron chi connectivity index (χ0n) is 8.20. The molecule has 0 spiro atoms. The lowest BCUT2D eigenvalue weighted by Crippen LogP contribution is -2.00. The Hall–Kier alpha value is -1.63. The Morgan fingerprint density at radius 3 is 2.54 bits per heavy atom. The molecule has 0 atom stereocenters. The van der Waals surface area contributed by atoms with Gasteiger partial charge in [-0.2, -0.15) is 5.26 Å². The summed E-state index contributed by atoms with van der Waals surface area (Å²) in [6, 6.07) is 1.90. The van der Waals surface area contributed by atoms with E-state index < -0.39 is 0 Å². The molecular formula is C9H14N4. The first kappa shape index (κ1) is 11.4. The molecule has 70 valence electrons. The molecule has 0 fully saturated rings. The van der Waals surface area contributed by atoms with Crippen molar-refractivity contribution in [1.82, 2.24) is 9.97 Å². The lowest BCUT2D eigenvalue weighted by atomic mass is 10.3. The Balaban J connectivity index is 0.000000671. The fraction of sp³-hybridized carbons (Fsp3) is 0.444. The molecule has 0 saturated heterocycles. The highest BCUT2D eigenvalue weighted by molar-refractivity contribution is 5.46. The van der Waals surface area contributed by atoms with E-state index in [0.717, 1.165) is 6.42 Å². The summed E-state index contributed by atoms with van der Waals surface area (Å²) in [7, 11) is 0. The Morgan fingerprint density at radius 1 is 1.54 bits per heavy atom. The third-order valence-electron chi connectivity index (χ3n) is 1.30. The summed E-state index contributed by atoms with van der Waals surface area (Å²) in [5.74, 6) is 0.931. The molecule has 0 saturated carbocycles. The van der Waals surface area contributed by atoms with Gasteiger partial charge >= 0.3 is 0 Å². The maximum Gasteiger partial charge on any atom is 0.145 e. The molecule has 0 aromatic carbocycles. The Kier molecular flexibility index (Phi) is 5.20. The van der Waals surface area contributed by atoms with Crippen LogP contribution in [0.5, 0.6) is 0 Å². The monoisotopic (exact) mass is 178 g/mol. The van der Waals surface area contributed by atoms with Crippen LogP contribution in [0.4, 0.5) is 5.82 Å². The van der Waals surface area contributed by atoms with Gasteiger partial charge in [0.05, 0.1) is 6.20 Å². The largest absolute Gasteiger partial charge is 0.382 e. The Labute approximate surface area is 78.4 Å². The van der Waals surface area contributed by atoms with Crippen LogP contribution < -0.4 is 5.73 Å². The minimum absolute atomic E-state index is 0.263. The molecule has 1 heterocycles. The van der Waals surface area contributed by atoms with Gasteiger partial charge < -0.3 is 5.73 Å². The van der Waals surface area contributed by atoms with Gasteiger partial charge in [-0.05, 0) is 0 Å². The zero-order valence-corrected chi connectivity index (χ0v) is 8.20. The number of nitrogens with zero attached hydrogens (tertiary/aromatic N) is 3. The van der Waals surface area contributed by atoms with Gasteiger partial charge in [-0.3, -0.25) is 0 Å². The molecule has 1 rings (SSSR count). The van der Waals surface area contributed by atoms with E-state index in [-0.39, 0.29) is 5.82 Å². The van der Waals surface area contributed by atoms with Crippen LogP contribution in [0.2, 0.25) is 0 Å². The highest BCUT2D eigenvalue weighted by Gasteiger charge is 2.00. The fourth-order valence-electron chi connectivity index (χ4n) is 0.690. The van der Waals surface area contributed by atoms with Crippen LogP contribution in [0.15, 0.2) is 6.20 Å². The third-order valence-corrected chi connectivity index (χ3v) is 1.30. The van der Waals surface area contributed by atoms with Gasteiger partial charge in [-0.1, -0.05) is 20.8 Å². The van der Waals surface area contributed by atoms with Gasteiger partial charge in [-0.15, -0.1) is 0 Å². The van der Waals surface area contributed by atoms with Gasteiger partial charge in [0.2, 0.25) is 0 Å². The molecule has 0 bridgehead atoms. The quantitative estimate of drug-likeness (QED) is 0.707. The van der Waals surface area contributed by atoms with Crippen molar-refractivity contribution < 1.29 is 0 Å². The fourth-order valence-corrected chi connectivity index (χ4v) is 0.690. The van der Waals surface area contributed by atoms with Crippen molar-refractivity contribution in [2.75, 3.05) is 5.73 Å². The average molecular weight is 178 g/mol. The van der Waals surface area contributed by atoms with E-state index in [1.807, 2.05) is 26.8 Å². The minimum atomic E-state index is 0.263. The second-order valence-electron chi connectivity index (χ2n) is 2.05. The Bertz CT molecular complexity index is 301. The topological polar surface area (TPSA) is 75.6 Å². The predicted octanol–water partition coefficient (Wildman–Crippen LogP) is 1.52. The number of aryl methyl sites for hydroxylation is 1. The summed E-state index contributed by atoms with van der Waals surface area (Å²) in [5, 5.41) is 8.47. The molecule has 4 nitrogen and oxygen atoms in total. The predicted molar refractivity (Wildman–Crippen MR) is 51.9 cm³/mol. The van der Waals surface area contributed by atoms with E-state index in [4.69, 9.17) is 11.0 Å². The van der Waals surface area contributed by atoms with E-state index in [1.165, 1.54) is 6.20 Å². The molecule has 0 aliphatic carbocycles. The van der Waals surface area contributed by atoms with Crippen molar-refractivity contribution in [2.24, 2.45) is 0 Å². The SMILES string of the molecule is CC.CCc1ncc(C#N)c(N)n1. The van der Waals surface area contributed by atoms with Crippen LogP contribution in [0.1, 0.15) is 32.2 Å². The first-order valence-electron chi connectivity index (χ1n) is 4.29. The minimum Gasteiger partial charge on any atom is -0.382 e. The second kappa shape index (κ2) is 5.95. The number of hydrogen-bond acceptors (Lipinski definition) is 4. The second-order valence-corrected chi connectivity index (χ2v) is 2.05. The van der Waals surface area contributed by atoms with Crippen LogP contribution in [0, 0.1) is 11.3 Å². The van der Waals surface area contributed by atoms with E-state index in [2.05, 4.69) is 9.97 Å². The average Bonchev–Trinajstić information content (AvgIpc) is 2.20. The van der Waals surface area contributed by atoms with Gasteiger partial charge in [0, 0.05) is 6.42 Å². The van der Waals surface area contributed by atoms with Crippen molar-refractivity contribution in [2.45, 2.75) is 27.2 Å². The molecule has 1 aromatic rings. The smallest absolute Gasteiger partial charge is 0.145 e. The van der Waals surface area contributed by atoms with Gasteiger partial charge in [0.15, 0.2) is 0 Å². The molecule has 0 aliphatic rings. The normalized spacial score (nSPS) is 8.15. The lowest BCUT2D eigenvalue weighted by Gasteiger charge is -1.97. The maximum atomic E-state index is 8.47. The molecule has 0 amide bonds. The van der Waals surface area contributed by atoms with E-state index >= 15 is 0 Å². The van der Waals surface area contributed by atoms with E-state index in [9.17, 15) is 0 Å². The Morgan fingerprint density at radius 2 is 2.15 bits per heavy atom. The van der Waals surface area contributed by atoms with Crippen LogP contribution in [-0.4, -0.2) is 9.97 Å². The van der Waals surface area contributed by atoms with Crippen molar-refractivity contribution in [1.29, 1.82) is 5.26 Å². The standard InChI is InChI=1S/C7H8N4.C2H6/c1-2-6-10-4-5(3-8)7(9)11-6;1-2/h4H,2H2,1H3,(H2,9,10,11);1-2H3. The van der Waals surface area contributed by atoms with Crippen LogP contribution in [-0.2, 0) is 6.42 Å². The van der Waals surface area contributed by atoms with Crippen LogP contribution in [0.3, 0.4) is 0 Å². The van der Waals surface area contributed by atoms with Gasteiger partial charge in [0.1, 0.15) is 23.3 Å². The summed E-state index contributed by atoms with van der Waals surface area (Å²) < 4.78 is 0. The number of aromatic nitrogens is 2. The highest BCUT2D eigenvalue weighted by atomic mass is 14.9. The van der Waals surface area contributed by atoms with Crippen molar-refractivity contribution in [3.05, 3.63) is 17.6 Å². The van der Waals surface area contributed by atoms with E-state index in [0.29, 0.717) is 11.4 Å². The van der Waals surface area contributed by atoms with Gasteiger partial charge in [-0.25, -0.2) is 9.97 Å². The number of rotatable bonds is 1. The number of nitrogens with two attached hydrogens (primary N) is 1. The molecule has 0 radical (unpaired) electrons. The lowest BCUT2D eigenvalue weighted by molar-refractivity contribution is 0.941. The summed E-state index contributed by atoms with van der Waals surface area (Å²) in [6.45, 7) is 5.93. The first-order valence-corrected chi connectivity index (χ1v) is 4.29. The van der Waals surface area contributed by atoms with Crippen molar-refractivity contribution >= 4 is 5.82 Å². The molecule has 1 aromatic heterocycles. The summed E-state index contributed by atoms with van der Waals surface area (Å²) >= 11 is 0.